The van der Waals surface area contributed by atoms with Crippen LogP contribution in [0.2, 0.25) is 5.02 Å². The van der Waals surface area contributed by atoms with E-state index in [1.54, 1.807) is 24.3 Å². The van der Waals surface area contributed by atoms with Crippen LogP contribution >= 0.6 is 11.6 Å². The number of fused-ring (bicyclic) bond motifs is 1. The van der Waals surface area contributed by atoms with Crippen LogP contribution < -0.4 is 4.74 Å². The lowest BCUT2D eigenvalue weighted by Gasteiger charge is -2.11. The van der Waals surface area contributed by atoms with E-state index in [1.807, 2.05) is 0 Å². The Hall–Kier alpha value is -3.31. The third-order valence-corrected chi connectivity index (χ3v) is 5.68. The summed E-state index contributed by atoms with van der Waals surface area (Å²) in [6.07, 6.45) is 2.27. The first-order chi connectivity index (χ1) is 15.9. The molecule has 0 fully saturated rings. The van der Waals surface area contributed by atoms with E-state index in [0.717, 1.165) is 12.1 Å². The molecule has 0 aliphatic rings. The van der Waals surface area contributed by atoms with E-state index < -0.39 is 23.3 Å². The summed E-state index contributed by atoms with van der Waals surface area (Å²) in [5.41, 5.74) is 1.25. The molecule has 0 N–H and O–H groups in total. The van der Waals surface area contributed by atoms with Crippen LogP contribution in [0.25, 0.3) is 21.9 Å². The fraction of sp³-hybridized carbons (Fsp3) is 0.111. The Labute approximate surface area is 193 Å². The van der Waals surface area contributed by atoms with E-state index in [-0.39, 0.29) is 28.5 Å². The van der Waals surface area contributed by atoms with E-state index in [1.165, 1.54) is 30.3 Å². The van der Waals surface area contributed by atoms with Crippen molar-refractivity contribution in [2.45, 2.75) is 12.8 Å². The van der Waals surface area contributed by atoms with Gasteiger partial charge in [-0.25, -0.2) is 17.6 Å². The van der Waals surface area contributed by atoms with Crippen molar-refractivity contribution in [1.29, 1.82) is 0 Å². The van der Waals surface area contributed by atoms with Crippen molar-refractivity contribution in [3.63, 3.8) is 0 Å². The van der Waals surface area contributed by atoms with Gasteiger partial charge in [-0.1, -0.05) is 54.6 Å². The van der Waals surface area contributed by atoms with Gasteiger partial charge in [0.05, 0.1) is 10.6 Å². The third kappa shape index (κ3) is 4.88. The number of halogens is 5. The van der Waals surface area contributed by atoms with Crippen molar-refractivity contribution < 1.29 is 22.3 Å². The summed E-state index contributed by atoms with van der Waals surface area (Å²) in [5.74, 6) is -2.42. The smallest absolute Gasteiger partial charge is 0.142 e. The van der Waals surface area contributed by atoms with Gasteiger partial charge in [0.15, 0.2) is 0 Å². The highest BCUT2D eigenvalue weighted by Gasteiger charge is 2.16. The summed E-state index contributed by atoms with van der Waals surface area (Å²) < 4.78 is 63.2. The van der Waals surface area contributed by atoms with Crippen molar-refractivity contribution in [1.82, 2.24) is 0 Å². The van der Waals surface area contributed by atoms with Crippen LogP contribution in [-0.2, 0) is 12.8 Å². The molecular weight excluding hydrogens is 452 g/mol. The van der Waals surface area contributed by atoms with Gasteiger partial charge in [0, 0.05) is 17.5 Å². The molecule has 1 nitrogen and oxygen atoms in total. The molecule has 0 aromatic heterocycles. The van der Waals surface area contributed by atoms with Gasteiger partial charge in [0.2, 0.25) is 0 Å². The zero-order valence-corrected chi connectivity index (χ0v) is 18.2. The van der Waals surface area contributed by atoms with Crippen molar-refractivity contribution in [3.05, 3.63) is 113 Å². The molecule has 4 aromatic carbocycles. The lowest BCUT2D eigenvalue weighted by Crippen LogP contribution is -1.98. The molecule has 0 heterocycles. The first kappa shape index (κ1) is 22.9. The van der Waals surface area contributed by atoms with Gasteiger partial charge in [-0.15, -0.1) is 0 Å². The van der Waals surface area contributed by atoms with Gasteiger partial charge in [-0.3, -0.25) is 0 Å². The van der Waals surface area contributed by atoms with Crippen LogP contribution in [0.15, 0.2) is 73.3 Å². The molecule has 0 atom stereocenters. The van der Waals surface area contributed by atoms with Crippen LogP contribution in [0.1, 0.15) is 11.1 Å². The van der Waals surface area contributed by atoms with Gasteiger partial charge in [0.1, 0.15) is 35.6 Å². The SMILES string of the molecule is C=CCOc1cc(F)c(-c2ccc3c(F)c(CCc4ccc(Cl)c(F)c4)ccc3c2)c(F)c1. The Bertz CT molecular complexity index is 1330. The molecule has 6 heteroatoms. The number of aryl methyl sites for hydroxylation is 2. The second-order valence-electron chi connectivity index (χ2n) is 7.58. The minimum Gasteiger partial charge on any atom is -0.489 e. The summed E-state index contributed by atoms with van der Waals surface area (Å²) >= 11 is 5.70. The highest BCUT2D eigenvalue weighted by atomic mass is 35.5. The summed E-state index contributed by atoms with van der Waals surface area (Å²) in [6.45, 7) is 3.63. The van der Waals surface area contributed by atoms with E-state index in [2.05, 4.69) is 6.58 Å². The Morgan fingerprint density at radius 2 is 1.58 bits per heavy atom. The molecule has 168 valence electrons. The maximum absolute atomic E-state index is 15.1. The van der Waals surface area contributed by atoms with E-state index in [9.17, 15) is 13.2 Å². The second-order valence-corrected chi connectivity index (χ2v) is 7.99. The molecule has 0 saturated heterocycles. The van der Waals surface area contributed by atoms with Gasteiger partial charge < -0.3 is 4.74 Å². The van der Waals surface area contributed by atoms with Crippen LogP contribution in [0, 0.1) is 23.3 Å². The molecule has 0 saturated carbocycles. The topological polar surface area (TPSA) is 9.23 Å². The number of benzene rings is 4. The van der Waals surface area contributed by atoms with Crippen LogP contribution in [0.4, 0.5) is 17.6 Å². The van der Waals surface area contributed by atoms with E-state index in [0.29, 0.717) is 34.7 Å². The molecule has 4 rings (SSSR count). The fourth-order valence-corrected chi connectivity index (χ4v) is 3.84. The monoisotopic (exact) mass is 470 g/mol. The number of hydrogen-bond acceptors (Lipinski definition) is 1. The normalized spacial score (nSPS) is 11.1. The molecule has 4 aromatic rings. The zero-order valence-electron chi connectivity index (χ0n) is 17.5. The van der Waals surface area contributed by atoms with Crippen molar-refractivity contribution in [3.8, 4) is 16.9 Å². The number of ether oxygens (including phenoxy) is 1. The Morgan fingerprint density at radius 1 is 0.818 bits per heavy atom. The minimum absolute atomic E-state index is 0.0400. The maximum Gasteiger partial charge on any atom is 0.142 e. The highest BCUT2D eigenvalue weighted by molar-refractivity contribution is 6.30. The molecule has 0 amide bonds. The fourth-order valence-electron chi connectivity index (χ4n) is 3.72. The molecule has 0 aliphatic carbocycles. The zero-order chi connectivity index (χ0) is 23.5. The average Bonchev–Trinajstić information content (AvgIpc) is 2.79. The van der Waals surface area contributed by atoms with Crippen LogP contribution in [-0.4, -0.2) is 6.61 Å². The average molecular weight is 471 g/mol. The van der Waals surface area contributed by atoms with Crippen molar-refractivity contribution >= 4 is 22.4 Å². The Kier molecular flexibility index (Phi) is 6.70. The van der Waals surface area contributed by atoms with Gasteiger partial charge in [-0.05, 0) is 53.1 Å². The highest BCUT2D eigenvalue weighted by Crippen LogP contribution is 2.33. The third-order valence-electron chi connectivity index (χ3n) is 5.37. The molecule has 0 aliphatic heterocycles. The molecule has 0 radical (unpaired) electrons. The van der Waals surface area contributed by atoms with Gasteiger partial charge in [-0.2, -0.15) is 0 Å². The minimum atomic E-state index is -0.777. The lowest BCUT2D eigenvalue weighted by molar-refractivity contribution is 0.358. The van der Waals surface area contributed by atoms with Crippen molar-refractivity contribution in [2.24, 2.45) is 0 Å². The van der Waals surface area contributed by atoms with Crippen LogP contribution in [0.3, 0.4) is 0 Å². The Balaban J connectivity index is 1.61. The number of rotatable bonds is 7. The Morgan fingerprint density at radius 3 is 2.27 bits per heavy atom. The van der Waals surface area contributed by atoms with Crippen molar-refractivity contribution in [2.75, 3.05) is 6.61 Å². The first-order valence-corrected chi connectivity index (χ1v) is 10.6. The molecule has 0 bridgehead atoms. The molecular formula is C27H19ClF4O. The molecule has 33 heavy (non-hydrogen) atoms. The standard InChI is InChI=1S/C27H19ClF4O/c1-2-11-33-20-14-24(30)26(25(31)15-20)19-8-9-21-18(13-19)7-6-17(27(21)32)5-3-16-4-10-22(28)23(29)12-16/h2,4,6-10,12-15H,1,3,5,11H2. The first-order valence-electron chi connectivity index (χ1n) is 10.3. The summed E-state index contributed by atoms with van der Waals surface area (Å²) in [6, 6.07) is 14.6. The maximum atomic E-state index is 15.1. The lowest BCUT2D eigenvalue weighted by atomic mass is 9.96. The predicted molar refractivity (Wildman–Crippen MR) is 124 cm³/mol. The summed E-state index contributed by atoms with van der Waals surface area (Å²) in [4.78, 5) is 0. The van der Waals surface area contributed by atoms with E-state index in [4.69, 9.17) is 16.3 Å². The molecule has 0 spiro atoms. The van der Waals surface area contributed by atoms with E-state index >= 15 is 4.39 Å². The predicted octanol–water partition coefficient (Wildman–Crippen LogP) is 8.07. The summed E-state index contributed by atoms with van der Waals surface area (Å²) in [5, 5.41) is 0.889. The van der Waals surface area contributed by atoms with Gasteiger partial charge in [0.25, 0.3) is 0 Å². The number of hydrogen-bond donors (Lipinski definition) is 0. The van der Waals surface area contributed by atoms with Crippen LogP contribution in [0.5, 0.6) is 5.75 Å². The molecule has 0 unspecified atom stereocenters. The summed E-state index contributed by atoms with van der Waals surface area (Å²) in [7, 11) is 0. The van der Waals surface area contributed by atoms with Gasteiger partial charge >= 0.3 is 0 Å². The quantitative estimate of drug-likeness (QED) is 0.196. The second kappa shape index (κ2) is 9.67. The largest absolute Gasteiger partial charge is 0.489 e.